The summed E-state index contributed by atoms with van der Waals surface area (Å²) in [6, 6.07) is 11.8. The number of rotatable bonds is 10. The van der Waals surface area contributed by atoms with Gasteiger partial charge in [0.05, 0.1) is 40.4 Å². The van der Waals surface area contributed by atoms with Crippen LogP contribution in [0, 0.1) is 0 Å². The zero-order valence-electron chi connectivity index (χ0n) is 17.5. The highest BCUT2D eigenvalue weighted by molar-refractivity contribution is 6.05. The first kappa shape index (κ1) is 22.2. The molecule has 0 atom stereocenters. The molecule has 0 saturated carbocycles. The third-order valence-corrected chi connectivity index (χ3v) is 4.78. The van der Waals surface area contributed by atoms with E-state index in [4.69, 9.17) is 9.47 Å². The molecule has 2 rings (SSSR count). The average Bonchev–Trinajstić information content (AvgIpc) is 2.76. The van der Waals surface area contributed by atoms with Gasteiger partial charge in [-0.1, -0.05) is 0 Å². The number of benzene rings is 2. The van der Waals surface area contributed by atoms with Gasteiger partial charge in [0.1, 0.15) is 11.5 Å². The lowest BCUT2D eigenvalue weighted by Crippen LogP contribution is -3.12. The highest BCUT2D eigenvalue weighted by Crippen LogP contribution is 2.23. The van der Waals surface area contributed by atoms with Crippen molar-refractivity contribution < 1.29 is 24.0 Å². The zero-order valence-corrected chi connectivity index (χ0v) is 17.5. The summed E-state index contributed by atoms with van der Waals surface area (Å²) >= 11 is 0. The number of carbonyl (C=O) groups excluding carboxylic acids is 2. The van der Waals surface area contributed by atoms with E-state index in [2.05, 4.69) is 24.5 Å². The van der Waals surface area contributed by atoms with Crippen LogP contribution in [-0.2, 0) is 0 Å². The van der Waals surface area contributed by atoms with Crippen molar-refractivity contribution in [1.82, 2.24) is 5.32 Å². The molecule has 0 aliphatic rings. The highest BCUT2D eigenvalue weighted by atomic mass is 16.5. The normalized spacial score (nSPS) is 10.5. The van der Waals surface area contributed by atoms with Crippen molar-refractivity contribution in [2.75, 3.05) is 45.7 Å². The molecule has 0 fully saturated rings. The van der Waals surface area contributed by atoms with Crippen molar-refractivity contribution >= 4 is 17.5 Å². The first-order chi connectivity index (χ1) is 14.0. The van der Waals surface area contributed by atoms with Gasteiger partial charge < -0.3 is 25.0 Å². The number of ether oxygens (including phenoxy) is 2. The number of hydrogen-bond acceptors (Lipinski definition) is 4. The number of methoxy groups -OCH3 is 2. The number of nitrogens with one attached hydrogen (secondary N) is 3. The SMILES string of the molecule is CC[NH+](CC)CCNC(=O)c1ccc(NC(=O)c2cc(OC)cc(OC)c2)cc1. The van der Waals surface area contributed by atoms with Crippen LogP contribution in [0.2, 0.25) is 0 Å². The van der Waals surface area contributed by atoms with Gasteiger partial charge in [-0.05, 0) is 50.2 Å². The van der Waals surface area contributed by atoms with E-state index in [0.717, 1.165) is 19.6 Å². The van der Waals surface area contributed by atoms with Crippen molar-refractivity contribution in [3.05, 3.63) is 53.6 Å². The Labute approximate surface area is 172 Å². The van der Waals surface area contributed by atoms with E-state index < -0.39 is 0 Å². The Kier molecular flexibility index (Phi) is 8.48. The Morgan fingerprint density at radius 2 is 1.45 bits per heavy atom. The lowest BCUT2D eigenvalue weighted by molar-refractivity contribution is -0.895. The highest BCUT2D eigenvalue weighted by Gasteiger charge is 2.12. The molecule has 3 N–H and O–H groups in total. The molecule has 156 valence electrons. The summed E-state index contributed by atoms with van der Waals surface area (Å²) in [4.78, 5) is 26.2. The predicted molar refractivity (Wildman–Crippen MR) is 113 cm³/mol. The van der Waals surface area contributed by atoms with E-state index in [1.165, 1.54) is 19.1 Å². The standard InChI is InChI=1S/C22H29N3O4/c1-5-25(6-2)12-11-23-21(26)16-7-9-18(10-8-16)24-22(27)17-13-19(28-3)15-20(14-17)29-4/h7-10,13-15H,5-6,11-12H2,1-4H3,(H,23,26)(H,24,27)/p+1. The van der Waals surface area contributed by atoms with Gasteiger partial charge in [-0.3, -0.25) is 9.59 Å². The van der Waals surface area contributed by atoms with Gasteiger partial charge >= 0.3 is 0 Å². The second kappa shape index (κ2) is 11.1. The molecule has 0 saturated heterocycles. The summed E-state index contributed by atoms with van der Waals surface area (Å²) in [7, 11) is 3.06. The quantitative estimate of drug-likeness (QED) is 0.566. The van der Waals surface area contributed by atoms with Crippen LogP contribution in [-0.4, -0.2) is 52.2 Å². The maximum Gasteiger partial charge on any atom is 0.255 e. The number of quaternary nitrogens is 1. The Morgan fingerprint density at radius 1 is 0.862 bits per heavy atom. The summed E-state index contributed by atoms with van der Waals surface area (Å²) in [6.07, 6.45) is 0. The lowest BCUT2D eigenvalue weighted by Gasteiger charge is -2.15. The molecule has 2 amide bonds. The minimum atomic E-state index is -0.290. The van der Waals surface area contributed by atoms with E-state index in [-0.39, 0.29) is 11.8 Å². The molecule has 0 aromatic heterocycles. The van der Waals surface area contributed by atoms with Crippen LogP contribution in [0.25, 0.3) is 0 Å². The van der Waals surface area contributed by atoms with Crippen LogP contribution in [0.1, 0.15) is 34.6 Å². The van der Waals surface area contributed by atoms with Gasteiger partial charge in [-0.15, -0.1) is 0 Å². The summed E-state index contributed by atoms with van der Waals surface area (Å²) in [5.74, 6) is 0.662. The van der Waals surface area contributed by atoms with Gasteiger partial charge in [-0.2, -0.15) is 0 Å². The third kappa shape index (κ3) is 6.50. The van der Waals surface area contributed by atoms with E-state index in [0.29, 0.717) is 34.9 Å². The maximum absolute atomic E-state index is 12.5. The lowest BCUT2D eigenvalue weighted by atomic mass is 10.1. The fourth-order valence-corrected chi connectivity index (χ4v) is 2.91. The number of carbonyl (C=O) groups is 2. The Morgan fingerprint density at radius 3 is 1.97 bits per heavy atom. The summed E-state index contributed by atoms with van der Waals surface area (Å²) in [6.45, 7) is 7.88. The Hall–Kier alpha value is -3.06. The van der Waals surface area contributed by atoms with Crippen molar-refractivity contribution in [2.24, 2.45) is 0 Å². The van der Waals surface area contributed by atoms with Gasteiger partial charge in [0.25, 0.3) is 11.8 Å². The molecule has 2 aromatic rings. The molecule has 0 unspecified atom stereocenters. The molecule has 7 heteroatoms. The largest absolute Gasteiger partial charge is 0.497 e. The molecular weight excluding hydrogens is 370 g/mol. The summed E-state index contributed by atoms with van der Waals surface area (Å²) < 4.78 is 10.4. The monoisotopic (exact) mass is 400 g/mol. The van der Waals surface area contributed by atoms with Crippen molar-refractivity contribution in [3.8, 4) is 11.5 Å². The smallest absolute Gasteiger partial charge is 0.255 e. The van der Waals surface area contributed by atoms with Gasteiger partial charge in [-0.25, -0.2) is 0 Å². The average molecular weight is 400 g/mol. The van der Waals surface area contributed by atoms with E-state index in [9.17, 15) is 9.59 Å². The number of anilines is 1. The third-order valence-electron chi connectivity index (χ3n) is 4.78. The number of hydrogen-bond donors (Lipinski definition) is 3. The molecular formula is C22H30N3O4+. The minimum Gasteiger partial charge on any atom is -0.497 e. The molecule has 0 aliphatic heterocycles. The van der Waals surface area contributed by atoms with Gasteiger partial charge in [0.2, 0.25) is 0 Å². The molecule has 0 heterocycles. The first-order valence-corrected chi connectivity index (χ1v) is 9.76. The van der Waals surface area contributed by atoms with Crippen molar-refractivity contribution in [3.63, 3.8) is 0 Å². The van der Waals surface area contributed by atoms with Crippen LogP contribution >= 0.6 is 0 Å². The second-order valence-electron chi connectivity index (χ2n) is 6.60. The van der Waals surface area contributed by atoms with Gasteiger partial charge in [0.15, 0.2) is 0 Å². The summed E-state index contributed by atoms with van der Waals surface area (Å²) in [5.41, 5.74) is 1.57. The van der Waals surface area contributed by atoms with Crippen molar-refractivity contribution in [2.45, 2.75) is 13.8 Å². The van der Waals surface area contributed by atoms with Crippen LogP contribution in [0.5, 0.6) is 11.5 Å². The van der Waals surface area contributed by atoms with Crippen LogP contribution in [0.3, 0.4) is 0 Å². The van der Waals surface area contributed by atoms with Gasteiger partial charge in [0, 0.05) is 22.9 Å². The van der Waals surface area contributed by atoms with E-state index in [1.54, 1.807) is 42.5 Å². The molecule has 29 heavy (non-hydrogen) atoms. The first-order valence-electron chi connectivity index (χ1n) is 9.76. The van der Waals surface area contributed by atoms with Crippen LogP contribution in [0.4, 0.5) is 5.69 Å². The molecule has 2 aromatic carbocycles. The molecule has 7 nitrogen and oxygen atoms in total. The topological polar surface area (TPSA) is 81.1 Å². The van der Waals surface area contributed by atoms with E-state index >= 15 is 0 Å². The molecule has 0 bridgehead atoms. The Bertz CT molecular complexity index is 795. The van der Waals surface area contributed by atoms with Crippen molar-refractivity contribution in [1.29, 1.82) is 0 Å². The van der Waals surface area contributed by atoms with Crippen LogP contribution in [0.15, 0.2) is 42.5 Å². The Balaban J connectivity index is 1.96. The molecule has 0 aliphatic carbocycles. The molecule has 0 radical (unpaired) electrons. The van der Waals surface area contributed by atoms with E-state index in [1.807, 2.05) is 0 Å². The predicted octanol–water partition coefficient (Wildman–Crippen LogP) is 1.61. The fraction of sp³-hybridized carbons (Fsp3) is 0.364. The van der Waals surface area contributed by atoms with Crippen LogP contribution < -0.4 is 25.0 Å². The zero-order chi connectivity index (χ0) is 21.2. The summed E-state index contributed by atoms with van der Waals surface area (Å²) in [5, 5.41) is 5.75. The minimum absolute atomic E-state index is 0.119. The molecule has 0 spiro atoms. The number of amides is 2. The second-order valence-corrected chi connectivity index (χ2v) is 6.60. The fourth-order valence-electron chi connectivity index (χ4n) is 2.91. The number of likely N-dealkylation sites (N-methyl/N-ethyl adjacent to an activating group) is 1. The maximum atomic E-state index is 12.5.